The molecule has 2 N–H and O–H groups in total. The van der Waals surface area contributed by atoms with Crippen molar-refractivity contribution in [2.45, 2.75) is 26.3 Å². The number of benzene rings is 1. The van der Waals surface area contributed by atoms with Crippen LogP contribution in [0.25, 0.3) is 0 Å². The fourth-order valence-electron chi connectivity index (χ4n) is 1.93. The van der Waals surface area contributed by atoms with Crippen molar-refractivity contribution in [3.8, 4) is 0 Å². The standard InChI is InChI=1S/C16H18N2O2S/c1-3-12-7-4-5-8-13(12)18-15(19)11(2)17-16(20)14-9-6-10-21-14/h4-11H,3H2,1-2H3,(H,17,20)(H,18,19)/t11-/m0/s1. The zero-order valence-corrected chi connectivity index (χ0v) is 12.9. The third kappa shape index (κ3) is 3.92. The second-order valence-electron chi connectivity index (χ2n) is 4.67. The van der Waals surface area contributed by atoms with Crippen molar-refractivity contribution in [1.29, 1.82) is 0 Å². The zero-order chi connectivity index (χ0) is 15.2. The Labute approximate surface area is 128 Å². The monoisotopic (exact) mass is 302 g/mol. The van der Waals surface area contributed by atoms with E-state index in [0.29, 0.717) is 4.88 Å². The molecule has 1 aromatic carbocycles. The maximum Gasteiger partial charge on any atom is 0.261 e. The van der Waals surface area contributed by atoms with E-state index in [9.17, 15) is 9.59 Å². The van der Waals surface area contributed by atoms with Crippen LogP contribution in [0.3, 0.4) is 0 Å². The highest BCUT2D eigenvalue weighted by Gasteiger charge is 2.17. The van der Waals surface area contributed by atoms with Gasteiger partial charge in [-0.05, 0) is 36.4 Å². The van der Waals surface area contributed by atoms with Gasteiger partial charge in [-0.1, -0.05) is 31.2 Å². The van der Waals surface area contributed by atoms with Crippen molar-refractivity contribution in [2.75, 3.05) is 5.32 Å². The molecule has 0 aliphatic carbocycles. The van der Waals surface area contributed by atoms with Crippen molar-refractivity contribution in [2.24, 2.45) is 0 Å². The summed E-state index contributed by atoms with van der Waals surface area (Å²) >= 11 is 1.35. The number of nitrogens with one attached hydrogen (secondary N) is 2. The molecule has 0 fully saturated rings. The Bertz CT molecular complexity index is 623. The van der Waals surface area contributed by atoms with Crippen LogP contribution >= 0.6 is 11.3 Å². The normalized spacial score (nSPS) is 11.7. The third-order valence-corrected chi connectivity index (χ3v) is 4.01. The van der Waals surface area contributed by atoms with Crippen LogP contribution in [-0.2, 0) is 11.2 Å². The summed E-state index contributed by atoms with van der Waals surface area (Å²) in [6.45, 7) is 3.71. The fraction of sp³-hybridized carbons (Fsp3) is 0.250. The van der Waals surface area contributed by atoms with Gasteiger partial charge in [0.1, 0.15) is 6.04 Å². The largest absolute Gasteiger partial charge is 0.340 e. The lowest BCUT2D eigenvalue weighted by atomic mass is 10.1. The molecule has 1 heterocycles. The van der Waals surface area contributed by atoms with Gasteiger partial charge < -0.3 is 10.6 Å². The van der Waals surface area contributed by atoms with Crippen LogP contribution in [0, 0.1) is 0 Å². The van der Waals surface area contributed by atoms with Gasteiger partial charge >= 0.3 is 0 Å². The molecule has 0 saturated heterocycles. The molecule has 5 heteroatoms. The second kappa shape index (κ2) is 7.04. The van der Waals surface area contributed by atoms with Crippen molar-refractivity contribution in [1.82, 2.24) is 5.32 Å². The van der Waals surface area contributed by atoms with Gasteiger partial charge in [0.15, 0.2) is 0 Å². The van der Waals surface area contributed by atoms with Crippen molar-refractivity contribution in [3.05, 3.63) is 52.2 Å². The molecule has 0 bridgehead atoms. The molecule has 1 aromatic heterocycles. The molecular formula is C16H18N2O2S. The van der Waals surface area contributed by atoms with Crippen molar-refractivity contribution >= 4 is 28.8 Å². The van der Waals surface area contributed by atoms with Crippen molar-refractivity contribution in [3.63, 3.8) is 0 Å². The van der Waals surface area contributed by atoms with E-state index < -0.39 is 6.04 Å². The minimum atomic E-state index is -0.593. The molecule has 0 radical (unpaired) electrons. The average molecular weight is 302 g/mol. The highest BCUT2D eigenvalue weighted by atomic mass is 32.1. The Balaban J connectivity index is 1.98. The van der Waals surface area contributed by atoms with E-state index in [0.717, 1.165) is 17.7 Å². The summed E-state index contributed by atoms with van der Waals surface area (Å²) in [4.78, 5) is 24.7. The quantitative estimate of drug-likeness (QED) is 0.892. The van der Waals surface area contributed by atoms with Gasteiger partial charge in [-0.25, -0.2) is 0 Å². The van der Waals surface area contributed by atoms with Gasteiger partial charge in [-0.15, -0.1) is 11.3 Å². The SMILES string of the molecule is CCc1ccccc1NC(=O)[C@H](C)NC(=O)c1cccs1. The Morgan fingerprint density at radius 2 is 1.95 bits per heavy atom. The number of aryl methyl sites for hydroxylation is 1. The minimum Gasteiger partial charge on any atom is -0.340 e. The molecule has 0 spiro atoms. The summed E-state index contributed by atoms with van der Waals surface area (Å²) in [6, 6.07) is 10.6. The summed E-state index contributed by atoms with van der Waals surface area (Å²) in [5.41, 5.74) is 1.87. The molecule has 0 saturated carbocycles. The molecule has 2 aromatic rings. The number of carbonyl (C=O) groups is 2. The number of para-hydroxylation sites is 1. The maximum absolute atomic E-state index is 12.2. The summed E-state index contributed by atoms with van der Waals surface area (Å²) in [5.74, 6) is -0.447. The van der Waals surface area contributed by atoms with Gasteiger partial charge in [0.25, 0.3) is 5.91 Å². The first-order chi connectivity index (χ1) is 10.1. The Morgan fingerprint density at radius 1 is 1.19 bits per heavy atom. The first kappa shape index (κ1) is 15.3. The van der Waals surface area contributed by atoms with Crippen LogP contribution in [0.4, 0.5) is 5.69 Å². The van der Waals surface area contributed by atoms with E-state index in [2.05, 4.69) is 10.6 Å². The molecule has 21 heavy (non-hydrogen) atoms. The van der Waals surface area contributed by atoms with Gasteiger partial charge in [0.2, 0.25) is 5.91 Å². The number of rotatable bonds is 5. The molecule has 0 aliphatic rings. The van der Waals surface area contributed by atoms with Gasteiger partial charge in [0, 0.05) is 5.69 Å². The highest BCUT2D eigenvalue weighted by Crippen LogP contribution is 2.15. The highest BCUT2D eigenvalue weighted by molar-refractivity contribution is 7.12. The number of amides is 2. The second-order valence-corrected chi connectivity index (χ2v) is 5.62. The number of hydrogen-bond acceptors (Lipinski definition) is 3. The first-order valence-electron chi connectivity index (χ1n) is 6.85. The maximum atomic E-state index is 12.2. The lowest BCUT2D eigenvalue weighted by Crippen LogP contribution is -2.41. The molecule has 0 unspecified atom stereocenters. The lowest BCUT2D eigenvalue weighted by Gasteiger charge is -2.15. The number of carbonyl (C=O) groups excluding carboxylic acids is 2. The van der Waals surface area contributed by atoms with E-state index in [1.54, 1.807) is 13.0 Å². The minimum absolute atomic E-state index is 0.221. The molecule has 2 amide bonds. The summed E-state index contributed by atoms with van der Waals surface area (Å²) in [5, 5.41) is 7.39. The summed E-state index contributed by atoms with van der Waals surface area (Å²) in [7, 11) is 0. The molecule has 0 aliphatic heterocycles. The van der Waals surface area contributed by atoms with Crippen molar-refractivity contribution < 1.29 is 9.59 Å². The smallest absolute Gasteiger partial charge is 0.261 e. The lowest BCUT2D eigenvalue weighted by molar-refractivity contribution is -0.117. The predicted molar refractivity (Wildman–Crippen MR) is 85.7 cm³/mol. The van der Waals surface area contributed by atoms with Crippen LogP contribution in [0.15, 0.2) is 41.8 Å². The Morgan fingerprint density at radius 3 is 2.62 bits per heavy atom. The Kier molecular flexibility index (Phi) is 5.11. The zero-order valence-electron chi connectivity index (χ0n) is 12.1. The predicted octanol–water partition coefficient (Wildman–Crippen LogP) is 3.07. The summed E-state index contributed by atoms with van der Waals surface area (Å²) < 4.78 is 0. The Hall–Kier alpha value is -2.14. The van der Waals surface area contributed by atoms with E-state index in [-0.39, 0.29) is 11.8 Å². The fourth-order valence-corrected chi connectivity index (χ4v) is 2.56. The number of hydrogen-bond donors (Lipinski definition) is 2. The topological polar surface area (TPSA) is 58.2 Å². The van der Waals surface area contributed by atoms with E-state index in [1.807, 2.05) is 42.6 Å². The molecule has 4 nitrogen and oxygen atoms in total. The van der Waals surface area contributed by atoms with E-state index in [4.69, 9.17) is 0 Å². The number of thiophene rings is 1. The third-order valence-electron chi connectivity index (χ3n) is 3.14. The first-order valence-corrected chi connectivity index (χ1v) is 7.73. The molecule has 110 valence electrons. The molecule has 2 rings (SSSR count). The van der Waals surface area contributed by atoms with Crippen LogP contribution in [0.2, 0.25) is 0 Å². The van der Waals surface area contributed by atoms with Gasteiger partial charge in [-0.2, -0.15) is 0 Å². The van der Waals surface area contributed by atoms with Crippen LogP contribution in [-0.4, -0.2) is 17.9 Å². The van der Waals surface area contributed by atoms with Gasteiger partial charge in [0.05, 0.1) is 4.88 Å². The van der Waals surface area contributed by atoms with E-state index >= 15 is 0 Å². The molecule has 1 atom stereocenters. The average Bonchev–Trinajstić information content (AvgIpc) is 3.02. The van der Waals surface area contributed by atoms with Crippen LogP contribution in [0.1, 0.15) is 29.1 Å². The van der Waals surface area contributed by atoms with Crippen LogP contribution in [0.5, 0.6) is 0 Å². The van der Waals surface area contributed by atoms with Gasteiger partial charge in [-0.3, -0.25) is 9.59 Å². The summed E-state index contributed by atoms with van der Waals surface area (Å²) in [6.07, 6.45) is 0.840. The van der Waals surface area contributed by atoms with E-state index in [1.165, 1.54) is 11.3 Å². The van der Waals surface area contributed by atoms with Crippen LogP contribution < -0.4 is 10.6 Å². The number of anilines is 1. The molecular weight excluding hydrogens is 284 g/mol.